The number of thiazole rings is 1. The Balaban J connectivity index is 2.41. The molecule has 0 bridgehead atoms. The second-order valence-corrected chi connectivity index (χ2v) is 4.71. The Kier molecular flexibility index (Phi) is 5.87. The van der Waals surface area contributed by atoms with E-state index in [1.807, 2.05) is 6.92 Å². The fraction of sp³-hybridized carbons (Fsp3) is 0.500. The summed E-state index contributed by atoms with van der Waals surface area (Å²) in [7, 11) is 0. The van der Waals surface area contributed by atoms with Gasteiger partial charge in [0.25, 0.3) is 5.24 Å². The maximum atomic E-state index is 11.1. The summed E-state index contributed by atoms with van der Waals surface area (Å²) >= 11 is 6.34. The summed E-state index contributed by atoms with van der Waals surface area (Å²) in [6, 6.07) is 0. The first-order valence-corrected chi connectivity index (χ1v) is 6.51. The molecule has 0 aliphatic carbocycles. The van der Waals surface area contributed by atoms with Gasteiger partial charge in [-0.15, -0.1) is 0 Å². The van der Waals surface area contributed by atoms with Crippen LogP contribution in [0.5, 0.6) is 0 Å². The van der Waals surface area contributed by atoms with Gasteiger partial charge in [0.15, 0.2) is 0 Å². The molecule has 1 heterocycles. The van der Waals surface area contributed by atoms with Gasteiger partial charge in [-0.25, -0.2) is 9.78 Å². The van der Waals surface area contributed by atoms with Crippen molar-refractivity contribution in [2.45, 2.75) is 26.7 Å². The van der Waals surface area contributed by atoms with Crippen LogP contribution in [0.4, 0.5) is 9.93 Å². The van der Waals surface area contributed by atoms with Gasteiger partial charge in [-0.2, -0.15) is 5.48 Å². The number of anilines is 1. The largest absolute Gasteiger partial charge is 0.533 e. The van der Waals surface area contributed by atoms with Crippen LogP contribution in [0, 0.1) is 6.92 Å². The van der Waals surface area contributed by atoms with Crippen LogP contribution in [0.2, 0.25) is 0 Å². The Morgan fingerprint density at radius 2 is 2.22 bits per heavy atom. The molecule has 1 N–H and O–H groups in total. The highest BCUT2D eigenvalue weighted by Gasteiger charge is 2.14. The quantitative estimate of drug-likeness (QED) is 0.376. The van der Waals surface area contributed by atoms with Crippen molar-refractivity contribution >= 4 is 39.5 Å². The Labute approximate surface area is 113 Å². The van der Waals surface area contributed by atoms with Crippen molar-refractivity contribution in [3.63, 3.8) is 0 Å². The molecule has 100 valence electrons. The van der Waals surface area contributed by atoms with E-state index in [1.165, 1.54) is 0 Å². The number of unbranched alkanes of at least 4 members (excludes halogenated alkanes) is 1. The summed E-state index contributed by atoms with van der Waals surface area (Å²) < 4.78 is 4.75. The lowest BCUT2D eigenvalue weighted by atomic mass is 10.4. The second-order valence-electron chi connectivity index (χ2n) is 3.36. The van der Waals surface area contributed by atoms with Crippen molar-refractivity contribution in [1.29, 1.82) is 0 Å². The van der Waals surface area contributed by atoms with E-state index in [9.17, 15) is 9.59 Å². The van der Waals surface area contributed by atoms with Crippen LogP contribution >= 0.6 is 22.9 Å². The monoisotopic (exact) mass is 292 g/mol. The zero-order valence-electron chi connectivity index (χ0n) is 9.99. The van der Waals surface area contributed by atoms with Gasteiger partial charge < -0.3 is 9.57 Å². The molecular formula is C10H13ClN2O4S. The van der Waals surface area contributed by atoms with Crippen molar-refractivity contribution < 1.29 is 19.2 Å². The van der Waals surface area contributed by atoms with Gasteiger partial charge in [-0.05, 0) is 24.9 Å². The fourth-order valence-corrected chi connectivity index (χ4v) is 2.02. The van der Waals surface area contributed by atoms with Crippen molar-refractivity contribution in [3.8, 4) is 0 Å². The third-order valence-corrected chi connectivity index (χ3v) is 3.27. The van der Waals surface area contributed by atoms with Crippen molar-refractivity contribution in [2.75, 3.05) is 12.1 Å². The molecule has 0 amide bonds. The van der Waals surface area contributed by atoms with Crippen LogP contribution in [-0.4, -0.2) is 23.0 Å². The molecule has 0 aliphatic rings. The van der Waals surface area contributed by atoms with Crippen molar-refractivity contribution in [3.05, 3.63) is 10.6 Å². The molecule has 1 rings (SSSR count). The molecule has 0 fully saturated rings. The topological polar surface area (TPSA) is 77.5 Å². The van der Waals surface area contributed by atoms with Gasteiger partial charge >= 0.3 is 6.16 Å². The third-order valence-electron chi connectivity index (χ3n) is 1.91. The minimum Gasteiger partial charge on any atom is -0.433 e. The van der Waals surface area contributed by atoms with Gasteiger partial charge in [0.1, 0.15) is 4.88 Å². The lowest BCUT2D eigenvalue weighted by Gasteiger charge is -2.04. The molecule has 8 heteroatoms. The van der Waals surface area contributed by atoms with E-state index in [0.29, 0.717) is 17.2 Å². The van der Waals surface area contributed by atoms with E-state index in [2.05, 4.69) is 15.3 Å². The molecule has 1 aromatic rings. The molecule has 0 radical (unpaired) electrons. The Morgan fingerprint density at radius 3 is 2.78 bits per heavy atom. The number of aryl methyl sites for hydroxylation is 1. The van der Waals surface area contributed by atoms with Gasteiger partial charge in [-0.1, -0.05) is 24.7 Å². The average Bonchev–Trinajstić information content (AvgIpc) is 2.68. The molecule has 0 aliphatic heterocycles. The minimum absolute atomic E-state index is 0.268. The average molecular weight is 293 g/mol. The molecule has 0 aromatic carbocycles. The van der Waals surface area contributed by atoms with E-state index in [-0.39, 0.29) is 5.13 Å². The number of hydrogen-bond donors (Lipinski definition) is 1. The Morgan fingerprint density at radius 1 is 1.50 bits per heavy atom. The predicted molar refractivity (Wildman–Crippen MR) is 68.0 cm³/mol. The zero-order valence-corrected chi connectivity index (χ0v) is 11.6. The summed E-state index contributed by atoms with van der Waals surface area (Å²) in [5.41, 5.74) is 2.79. The number of halogens is 1. The van der Waals surface area contributed by atoms with E-state index in [1.54, 1.807) is 6.92 Å². The SMILES string of the molecule is CCCCOC(=O)ONc1nc(C)c(C(=O)Cl)s1. The number of carbonyl (C=O) groups is 2. The molecular weight excluding hydrogens is 280 g/mol. The molecule has 0 saturated carbocycles. The number of nitrogens with one attached hydrogen (secondary N) is 1. The number of aromatic nitrogens is 1. The molecule has 6 nitrogen and oxygen atoms in total. The van der Waals surface area contributed by atoms with Gasteiger partial charge in [0.2, 0.25) is 5.13 Å². The van der Waals surface area contributed by atoms with Crippen molar-refractivity contribution in [2.24, 2.45) is 0 Å². The summed E-state index contributed by atoms with van der Waals surface area (Å²) in [6.07, 6.45) is 0.860. The summed E-state index contributed by atoms with van der Waals surface area (Å²) in [5, 5.41) is -0.326. The van der Waals surface area contributed by atoms with E-state index in [0.717, 1.165) is 24.2 Å². The van der Waals surface area contributed by atoms with Crippen LogP contribution < -0.4 is 5.48 Å². The molecule has 1 aromatic heterocycles. The molecule has 0 atom stereocenters. The first-order valence-electron chi connectivity index (χ1n) is 5.31. The first-order chi connectivity index (χ1) is 8.54. The molecule has 0 unspecified atom stereocenters. The molecule has 0 saturated heterocycles. The lowest BCUT2D eigenvalue weighted by molar-refractivity contribution is 0.0708. The van der Waals surface area contributed by atoms with Gasteiger partial charge in [0.05, 0.1) is 12.3 Å². The fourth-order valence-electron chi connectivity index (χ4n) is 1.04. The van der Waals surface area contributed by atoms with Crippen LogP contribution in [0.3, 0.4) is 0 Å². The number of hydrogen-bond acceptors (Lipinski definition) is 7. The van der Waals surface area contributed by atoms with E-state index < -0.39 is 11.4 Å². The van der Waals surface area contributed by atoms with Crippen LogP contribution in [-0.2, 0) is 9.57 Å². The van der Waals surface area contributed by atoms with Crippen LogP contribution in [0.1, 0.15) is 35.1 Å². The van der Waals surface area contributed by atoms with Crippen LogP contribution in [0.15, 0.2) is 0 Å². The number of ether oxygens (including phenoxy) is 1. The first kappa shape index (κ1) is 14.7. The number of carbonyl (C=O) groups excluding carboxylic acids is 2. The maximum absolute atomic E-state index is 11.1. The standard InChI is InChI=1S/C10H13ClN2O4S/c1-3-4-5-16-10(15)17-13-9-12-6(2)7(18-9)8(11)14/h3-5H2,1-2H3,(H,12,13). The zero-order chi connectivity index (χ0) is 13.5. The number of nitrogens with zero attached hydrogens (tertiary/aromatic N) is 1. The Hall–Kier alpha value is -1.34. The highest BCUT2D eigenvalue weighted by atomic mass is 35.5. The highest BCUT2D eigenvalue weighted by molar-refractivity contribution is 7.19. The number of rotatable bonds is 6. The van der Waals surface area contributed by atoms with Crippen molar-refractivity contribution in [1.82, 2.24) is 4.98 Å². The van der Waals surface area contributed by atoms with E-state index in [4.69, 9.17) is 16.3 Å². The summed E-state index contributed by atoms with van der Waals surface area (Å²) in [4.78, 5) is 30.9. The summed E-state index contributed by atoms with van der Waals surface area (Å²) in [5.74, 6) is 0. The summed E-state index contributed by atoms with van der Waals surface area (Å²) in [6.45, 7) is 3.92. The van der Waals surface area contributed by atoms with Gasteiger partial charge in [-0.3, -0.25) is 4.79 Å². The lowest BCUT2D eigenvalue weighted by Crippen LogP contribution is -2.12. The predicted octanol–water partition coefficient (Wildman–Crippen LogP) is 3.11. The molecule has 0 spiro atoms. The normalized spacial score (nSPS) is 9.94. The van der Waals surface area contributed by atoms with E-state index >= 15 is 0 Å². The second kappa shape index (κ2) is 7.17. The highest BCUT2D eigenvalue weighted by Crippen LogP contribution is 2.23. The minimum atomic E-state index is -0.838. The van der Waals surface area contributed by atoms with Crippen LogP contribution in [0.25, 0.3) is 0 Å². The smallest absolute Gasteiger partial charge is 0.433 e. The van der Waals surface area contributed by atoms with Gasteiger partial charge in [0, 0.05) is 0 Å². The Bertz CT molecular complexity index is 436. The maximum Gasteiger partial charge on any atom is 0.533 e. The third kappa shape index (κ3) is 4.50. The molecule has 18 heavy (non-hydrogen) atoms.